The third-order valence-corrected chi connectivity index (χ3v) is 5.28. The second kappa shape index (κ2) is 10.8. The number of aromatic nitrogens is 2. The Morgan fingerprint density at radius 3 is 2.37 bits per heavy atom. The third kappa shape index (κ3) is 6.24. The molecule has 180 valence electrons. The number of halogens is 3. The van der Waals surface area contributed by atoms with Gasteiger partial charge in [-0.2, -0.15) is 13.2 Å². The zero-order chi connectivity index (χ0) is 25.6. The molecule has 35 heavy (non-hydrogen) atoms. The first-order valence-electron chi connectivity index (χ1n) is 11.0. The summed E-state index contributed by atoms with van der Waals surface area (Å²) < 4.78 is 42.4. The Morgan fingerprint density at radius 1 is 1.11 bits per heavy atom. The maximum Gasteiger partial charge on any atom is 0.416 e. The fraction of sp³-hybridized carbons (Fsp3) is 0.179. The van der Waals surface area contributed by atoms with Crippen LogP contribution in [0.4, 0.5) is 24.8 Å². The summed E-state index contributed by atoms with van der Waals surface area (Å²) >= 11 is 0. The summed E-state index contributed by atoms with van der Waals surface area (Å²) in [7, 11) is 0. The van der Waals surface area contributed by atoms with Gasteiger partial charge in [-0.05, 0) is 48.4 Å². The maximum atomic E-state index is 13.6. The molecule has 0 amide bonds. The smallest absolute Gasteiger partial charge is 0.399 e. The molecule has 1 heterocycles. The Kier molecular flexibility index (Phi) is 7.87. The molecule has 3 aromatic carbocycles. The Labute approximate surface area is 203 Å². The molecule has 0 atom stereocenters. The van der Waals surface area contributed by atoms with Gasteiger partial charge in [0.15, 0.2) is 0 Å². The first-order chi connectivity index (χ1) is 16.6. The molecule has 4 aromatic rings. The molecule has 0 radical (unpaired) electrons. The van der Waals surface area contributed by atoms with Crippen molar-refractivity contribution in [1.29, 1.82) is 0 Å². The molecule has 3 N–H and O–H groups in total. The molecule has 0 saturated heterocycles. The molecule has 0 aliphatic rings. The number of alkyl halides is 3. The van der Waals surface area contributed by atoms with Crippen molar-refractivity contribution in [2.24, 2.45) is 5.73 Å². The first kappa shape index (κ1) is 25.4. The average molecular weight is 477 g/mol. The lowest BCUT2D eigenvalue weighted by molar-refractivity contribution is -0.138. The molecule has 0 bridgehead atoms. The normalized spacial score (nSPS) is 10.9. The summed E-state index contributed by atoms with van der Waals surface area (Å²) in [6.45, 7) is 7.67. The number of hydrogen-bond donors (Lipinski definition) is 2. The van der Waals surface area contributed by atoms with Crippen LogP contribution in [0.2, 0.25) is 0 Å². The Hall–Kier alpha value is -4.18. The van der Waals surface area contributed by atoms with Gasteiger partial charge in [-0.3, -0.25) is 0 Å². The fourth-order valence-electron chi connectivity index (χ4n) is 3.46. The van der Waals surface area contributed by atoms with E-state index in [-0.39, 0.29) is 12.1 Å². The van der Waals surface area contributed by atoms with Crippen LogP contribution in [0, 0.1) is 19.3 Å². The van der Waals surface area contributed by atoms with E-state index < -0.39 is 11.7 Å². The molecule has 1 aromatic heterocycles. The van der Waals surface area contributed by atoms with Crippen molar-refractivity contribution in [2.45, 2.75) is 33.0 Å². The summed E-state index contributed by atoms with van der Waals surface area (Å²) in [5.41, 5.74) is 9.61. The summed E-state index contributed by atoms with van der Waals surface area (Å²) in [6, 6.07) is 18.6. The number of anilines is 2. The van der Waals surface area contributed by atoms with Crippen LogP contribution >= 0.6 is 0 Å². The number of terminal acetylenes is 1. The zero-order valence-corrected chi connectivity index (χ0v) is 19.7. The van der Waals surface area contributed by atoms with E-state index in [1.165, 1.54) is 12.1 Å². The fourth-order valence-corrected chi connectivity index (χ4v) is 3.46. The van der Waals surface area contributed by atoms with E-state index in [1.54, 1.807) is 28.8 Å². The lowest BCUT2D eigenvalue weighted by Crippen LogP contribution is -2.12. The van der Waals surface area contributed by atoms with Crippen LogP contribution < -0.4 is 11.1 Å². The molecule has 7 heteroatoms. The molecule has 0 spiro atoms. The van der Waals surface area contributed by atoms with E-state index in [0.717, 1.165) is 29.3 Å². The summed E-state index contributed by atoms with van der Waals surface area (Å²) in [4.78, 5) is 4.64. The molecule has 0 aliphatic heterocycles. The number of fused-ring (bicyclic) bond motifs is 1. The summed E-state index contributed by atoms with van der Waals surface area (Å²) in [6.07, 6.45) is 1.18. The van der Waals surface area contributed by atoms with Gasteiger partial charge < -0.3 is 15.6 Å². The standard InChI is InChI=1S/C24H21F3N4.C4H6/c1-15-7-10-19(11-8-15)29-23-30-21-13-17(16(2)28)9-12-22(21)31(23)14-18-5-3-4-6-20(18)24(25,26)27;1-3-4-2/h3-13H,2,14,28H2,1H3,(H,29,30);1H,4H2,2H3. The highest BCUT2D eigenvalue weighted by atomic mass is 19.4. The lowest BCUT2D eigenvalue weighted by Gasteiger charge is -2.16. The molecule has 0 aliphatic carbocycles. The topological polar surface area (TPSA) is 55.9 Å². The monoisotopic (exact) mass is 476 g/mol. The molecule has 0 unspecified atom stereocenters. The predicted molar refractivity (Wildman–Crippen MR) is 137 cm³/mol. The van der Waals surface area contributed by atoms with Crippen LogP contribution in [0.3, 0.4) is 0 Å². The quantitative estimate of drug-likeness (QED) is 0.302. The number of benzene rings is 3. The van der Waals surface area contributed by atoms with E-state index in [9.17, 15) is 13.2 Å². The average Bonchev–Trinajstić information content (AvgIpc) is 3.16. The van der Waals surface area contributed by atoms with Gasteiger partial charge in [0.05, 0.1) is 23.1 Å². The van der Waals surface area contributed by atoms with Gasteiger partial charge in [-0.25, -0.2) is 4.98 Å². The van der Waals surface area contributed by atoms with Crippen LogP contribution in [0.1, 0.15) is 35.6 Å². The zero-order valence-electron chi connectivity index (χ0n) is 19.7. The van der Waals surface area contributed by atoms with E-state index >= 15 is 0 Å². The van der Waals surface area contributed by atoms with Gasteiger partial charge in [0.25, 0.3) is 0 Å². The minimum absolute atomic E-state index is 0.00327. The summed E-state index contributed by atoms with van der Waals surface area (Å²) in [5.74, 6) is 2.87. The number of nitrogens with one attached hydrogen (secondary N) is 1. The summed E-state index contributed by atoms with van der Waals surface area (Å²) in [5, 5.41) is 3.23. The van der Waals surface area contributed by atoms with Crippen LogP contribution in [0.15, 0.2) is 73.3 Å². The number of aryl methyl sites for hydroxylation is 1. The number of hydrogen-bond acceptors (Lipinski definition) is 3. The van der Waals surface area contributed by atoms with Gasteiger partial charge in [0.2, 0.25) is 5.95 Å². The van der Waals surface area contributed by atoms with Crippen molar-refractivity contribution in [2.75, 3.05) is 5.32 Å². The van der Waals surface area contributed by atoms with Gasteiger partial charge in [-0.1, -0.05) is 55.5 Å². The molecule has 0 saturated carbocycles. The maximum absolute atomic E-state index is 13.6. The number of imidazole rings is 1. The minimum atomic E-state index is -4.44. The molecule has 4 nitrogen and oxygen atoms in total. The molecule has 4 rings (SSSR count). The van der Waals surface area contributed by atoms with E-state index in [0.29, 0.717) is 22.7 Å². The van der Waals surface area contributed by atoms with Crippen molar-refractivity contribution in [3.8, 4) is 12.3 Å². The SMILES string of the molecule is C#CCC.C=C(N)c1ccc2c(c1)nc(Nc1ccc(C)cc1)n2Cc1ccccc1C(F)(F)F. The van der Waals surface area contributed by atoms with Crippen LogP contribution in [0.25, 0.3) is 16.7 Å². The largest absolute Gasteiger partial charge is 0.416 e. The number of nitrogens with two attached hydrogens (primary N) is 1. The van der Waals surface area contributed by atoms with E-state index in [1.807, 2.05) is 38.1 Å². The molecular formula is C28H27F3N4. The number of rotatable bonds is 5. The highest BCUT2D eigenvalue weighted by Gasteiger charge is 2.33. The van der Waals surface area contributed by atoms with Crippen LogP contribution in [-0.4, -0.2) is 9.55 Å². The highest BCUT2D eigenvalue weighted by molar-refractivity contribution is 5.83. The van der Waals surface area contributed by atoms with Gasteiger partial charge in [0.1, 0.15) is 0 Å². The van der Waals surface area contributed by atoms with Crippen molar-refractivity contribution < 1.29 is 13.2 Å². The molecule has 0 fully saturated rings. The second-order valence-electron chi connectivity index (χ2n) is 7.95. The van der Waals surface area contributed by atoms with Crippen molar-refractivity contribution in [3.05, 3.63) is 95.6 Å². The van der Waals surface area contributed by atoms with Crippen molar-refractivity contribution >= 4 is 28.4 Å². The van der Waals surface area contributed by atoms with Crippen molar-refractivity contribution in [1.82, 2.24) is 9.55 Å². The Morgan fingerprint density at radius 2 is 1.77 bits per heavy atom. The van der Waals surface area contributed by atoms with Gasteiger partial charge in [0, 0.05) is 17.8 Å². The van der Waals surface area contributed by atoms with E-state index in [4.69, 9.17) is 12.2 Å². The first-order valence-corrected chi connectivity index (χ1v) is 11.0. The van der Waals surface area contributed by atoms with Gasteiger partial charge >= 0.3 is 6.18 Å². The van der Waals surface area contributed by atoms with Crippen LogP contribution in [0.5, 0.6) is 0 Å². The number of nitrogens with zero attached hydrogens (tertiary/aromatic N) is 2. The highest BCUT2D eigenvalue weighted by Crippen LogP contribution is 2.34. The minimum Gasteiger partial charge on any atom is -0.399 e. The van der Waals surface area contributed by atoms with Crippen molar-refractivity contribution in [3.63, 3.8) is 0 Å². The Balaban J connectivity index is 0.000000795. The van der Waals surface area contributed by atoms with E-state index in [2.05, 4.69) is 22.8 Å². The third-order valence-electron chi connectivity index (χ3n) is 5.28. The predicted octanol–water partition coefficient (Wildman–Crippen LogP) is 7.11. The van der Waals surface area contributed by atoms with Gasteiger partial charge in [-0.15, -0.1) is 12.3 Å². The van der Waals surface area contributed by atoms with Crippen LogP contribution in [-0.2, 0) is 12.7 Å². The molecular weight excluding hydrogens is 449 g/mol. The Bertz CT molecular complexity index is 1360. The second-order valence-corrected chi connectivity index (χ2v) is 7.95. The lowest BCUT2D eigenvalue weighted by atomic mass is 10.1.